The fourth-order valence-electron chi connectivity index (χ4n) is 1.21. The number of hydrogen-bond donors (Lipinski definition) is 2. The summed E-state index contributed by atoms with van der Waals surface area (Å²) < 4.78 is 4.86. The van der Waals surface area contributed by atoms with Crippen LogP contribution >= 0.6 is 0 Å². The van der Waals surface area contributed by atoms with E-state index in [0.717, 1.165) is 6.20 Å². The average molecular weight is 227 g/mol. The Bertz CT molecular complexity index is 358. The third kappa shape index (κ3) is 3.14. The summed E-state index contributed by atoms with van der Waals surface area (Å²) in [5.74, 6) is 0. The number of aromatic nitrogens is 1. The lowest BCUT2D eigenvalue weighted by atomic mass is 10.3. The number of ether oxygens (including phenoxy) is 1. The van der Waals surface area contributed by atoms with Crippen LogP contribution in [0.5, 0.6) is 0 Å². The first kappa shape index (κ1) is 12.3. The van der Waals surface area contributed by atoms with E-state index in [1.54, 1.807) is 0 Å². The number of nitrogens with one attached hydrogen (secondary N) is 1. The van der Waals surface area contributed by atoms with Gasteiger partial charge in [0.25, 0.3) is 0 Å². The zero-order chi connectivity index (χ0) is 12.0. The maximum Gasteiger partial charge on any atom is 0.310 e. The molecule has 1 heterocycles. The van der Waals surface area contributed by atoms with Crippen molar-refractivity contribution in [3.8, 4) is 0 Å². The quantitative estimate of drug-likeness (QED) is 0.539. The number of rotatable bonds is 6. The van der Waals surface area contributed by atoms with Gasteiger partial charge in [-0.05, 0) is 6.07 Å². The van der Waals surface area contributed by atoms with Gasteiger partial charge in [0.05, 0.1) is 24.2 Å². The monoisotopic (exact) mass is 227 g/mol. The van der Waals surface area contributed by atoms with Crippen LogP contribution in [0.25, 0.3) is 0 Å². The molecule has 0 aliphatic carbocycles. The second kappa shape index (κ2) is 5.99. The van der Waals surface area contributed by atoms with Crippen molar-refractivity contribution < 1.29 is 14.8 Å². The lowest BCUT2D eigenvalue weighted by Crippen LogP contribution is -2.29. The second-order valence-corrected chi connectivity index (χ2v) is 3.13. The van der Waals surface area contributed by atoms with E-state index in [0.29, 0.717) is 5.69 Å². The number of methoxy groups -OCH3 is 1. The first-order valence-corrected chi connectivity index (χ1v) is 4.63. The van der Waals surface area contributed by atoms with Gasteiger partial charge in [0.15, 0.2) is 0 Å². The van der Waals surface area contributed by atoms with Crippen LogP contribution in [0.1, 0.15) is 0 Å². The van der Waals surface area contributed by atoms with Crippen molar-refractivity contribution in [2.45, 2.75) is 6.04 Å². The topological polar surface area (TPSA) is 97.5 Å². The smallest absolute Gasteiger partial charge is 0.310 e. The molecule has 7 nitrogen and oxygen atoms in total. The molecule has 0 radical (unpaired) electrons. The number of nitro groups is 1. The second-order valence-electron chi connectivity index (χ2n) is 3.13. The molecule has 88 valence electrons. The Balaban J connectivity index is 2.82. The van der Waals surface area contributed by atoms with E-state index in [9.17, 15) is 10.1 Å². The van der Waals surface area contributed by atoms with Gasteiger partial charge < -0.3 is 15.2 Å². The van der Waals surface area contributed by atoms with Gasteiger partial charge in [-0.3, -0.25) is 15.1 Å². The third-order valence-corrected chi connectivity index (χ3v) is 1.94. The van der Waals surface area contributed by atoms with Gasteiger partial charge in [-0.15, -0.1) is 0 Å². The van der Waals surface area contributed by atoms with Crippen molar-refractivity contribution >= 4 is 11.4 Å². The van der Waals surface area contributed by atoms with Gasteiger partial charge in [0.2, 0.25) is 0 Å². The van der Waals surface area contributed by atoms with E-state index in [1.807, 2.05) is 0 Å². The van der Waals surface area contributed by atoms with Crippen LogP contribution in [0.2, 0.25) is 0 Å². The SMILES string of the molecule is COCC(CO)Nc1ccncc1[N+](=O)[O-]. The average Bonchev–Trinajstić information content (AvgIpc) is 2.29. The minimum atomic E-state index is -0.531. The molecule has 1 rings (SSSR count). The first-order chi connectivity index (χ1) is 7.69. The van der Waals surface area contributed by atoms with E-state index in [2.05, 4.69) is 10.3 Å². The molecule has 0 saturated carbocycles. The normalized spacial score (nSPS) is 12.1. The van der Waals surface area contributed by atoms with Crippen LogP contribution in [0.15, 0.2) is 18.5 Å². The third-order valence-electron chi connectivity index (χ3n) is 1.94. The van der Waals surface area contributed by atoms with Crippen LogP contribution in [0.4, 0.5) is 11.4 Å². The molecule has 0 aliphatic heterocycles. The molecule has 0 fully saturated rings. The van der Waals surface area contributed by atoms with Gasteiger partial charge in [-0.2, -0.15) is 0 Å². The molecule has 1 aromatic heterocycles. The van der Waals surface area contributed by atoms with Gasteiger partial charge in [-0.25, -0.2) is 0 Å². The molecule has 1 aromatic rings. The minimum Gasteiger partial charge on any atom is -0.394 e. The van der Waals surface area contributed by atoms with Crippen LogP contribution in [-0.4, -0.2) is 41.4 Å². The molecule has 1 unspecified atom stereocenters. The Labute approximate surface area is 92.2 Å². The van der Waals surface area contributed by atoms with Gasteiger partial charge in [-0.1, -0.05) is 0 Å². The summed E-state index contributed by atoms with van der Waals surface area (Å²) in [6.07, 6.45) is 2.60. The Hall–Kier alpha value is -1.73. The highest BCUT2D eigenvalue weighted by atomic mass is 16.6. The van der Waals surface area contributed by atoms with Crippen molar-refractivity contribution in [3.63, 3.8) is 0 Å². The minimum absolute atomic E-state index is 0.128. The van der Waals surface area contributed by atoms with Crippen molar-refractivity contribution in [1.82, 2.24) is 4.98 Å². The fourth-order valence-corrected chi connectivity index (χ4v) is 1.21. The molecule has 0 spiro atoms. The Kier molecular flexibility index (Phi) is 4.62. The number of hydrogen-bond acceptors (Lipinski definition) is 6. The maximum absolute atomic E-state index is 10.7. The largest absolute Gasteiger partial charge is 0.394 e. The van der Waals surface area contributed by atoms with Crippen molar-refractivity contribution in [1.29, 1.82) is 0 Å². The molecule has 0 saturated heterocycles. The van der Waals surface area contributed by atoms with E-state index in [1.165, 1.54) is 19.4 Å². The van der Waals surface area contributed by atoms with E-state index < -0.39 is 4.92 Å². The van der Waals surface area contributed by atoms with Crippen LogP contribution in [-0.2, 0) is 4.74 Å². The first-order valence-electron chi connectivity index (χ1n) is 4.63. The maximum atomic E-state index is 10.7. The molecule has 0 aliphatic rings. The summed E-state index contributed by atoms with van der Waals surface area (Å²) in [7, 11) is 1.49. The molecule has 7 heteroatoms. The van der Waals surface area contributed by atoms with Crippen LogP contribution in [0, 0.1) is 10.1 Å². The zero-order valence-corrected chi connectivity index (χ0v) is 8.79. The summed E-state index contributed by atoms with van der Waals surface area (Å²) >= 11 is 0. The van der Waals surface area contributed by atoms with E-state index in [4.69, 9.17) is 9.84 Å². The zero-order valence-electron chi connectivity index (χ0n) is 8.79. The molecule has 0 amide bonds. The Morgan fingerprint density at radius 3 is 3.06 bits per heavy atom. The molecular formula is C9H13N3O4. The predicted molar refractivity (Wildman–Crippen MR) is 57.3 cm³/mol. The number of nitrogens with zero attached hydrogens (tertiary/aromatic N) is 2. The summed E-state index contributed by atoms with van der Waals surface area (Å²) in [6, 6.07) is 1.10. The molecule has 0 aromatic carbocycles. The number of pyridine rings is 1. The van der Waals surface area contributed by atoms with Crippen molar-refractivity contribution in [2.75, 3.05) is 25.6 Å². The lowest BCUT2D eigenvalue weighted by Gasteiger charge is -2.16. The Morgan fingerprint density at radius 1 is 1.75 bits per heavy atom. The lowest BCUT2D eigenvalue weighted by molar-refractivity contribution is -0.384. The van der Waals surface area contributed by atoms with Gasteiger partial charge in [0.1, 0.15) is 11.9 Å². The summed E-state index contributed by atoms with van der Waals surface area (Å²) in [5, 5.41) is 22.5. The molecule has 1 atom stereocenters. The molecular weight excluding hydrogens is 214 g/mol. The summed E-state index contributed by atoms with van der Waals surface area (Å²) in [5.41, 5.74) is 0.188. The fraction of sp³-hybridized carbons (Fsp3) is 0.444. The van der Waals surface area contributed by atoms with Crippen molar-refractivity contribution in [2.24, 2.45) is 0 Å². The van der Waals surface area contributed by atoms with E-state index >= 15 is 0 Å². The van der Waals surface area contributed by atoms with Crippen molar-refractivity contribution in [3.05, 3.63) is 28.6 Å². The molecule has 16 heavy (non-hydrogen) atoms. The van der Waals surface area contributed by atoms with Crippen LogP contribution < -0.4 is 5.32 Å². The molecule has 2 N–H and O–H groups in total. The predicted octanol–water partition coefficient (Wildman–Crippen LogP) is 0.409. The van der Waals surface area contributed by atoms with Gasteiger partial charge in [0, 0.05) is 13.3 Å². The van der Waals surface area contributed by atoms with Gasteiger partial charge >= 0.3 is 5.69 Å². The number of aliphatic hydroxyl groups excluding tert-OH is 1. The highest BCUT2D eigenvalue weighted by molar-refractivity contribution is 5.60. The standard InChI is InChI=1S/C9H13N3O4/c1-16-6-7(5-13)11-8-2-3-10-4-9(8)12(14)15/h2-4,7,13H,5-6H2,1H3,(H,10,11). The summed E-state index contributed by atoms with van der Waals surface area (Å²) in [4.78, 5) is 13.8. The Morgan fingerprint density at radius 2 is 2.50 bits per heavy atom. The highest BCUT2D eigenvalue weighted by Crippen LogP contribution is 2.22. The highest BCUT2D eigenvalue weighted by Gasteiger charge is 2.16. The van der Waals surface area contributed by atoms with E-state index in [-0.39, 0.29) is 24.9 Å². The summed E-state index contributed by atoms with van der Waals surface area (Å²) in [6.45, 7) is 0.0866. The van der Waals surface area contributed by atoms with Crippen LogP contribution in [0.3, 0.4) is 0 Å². The molecule has 0 bridgehead atoms. The number of aliphatic hydroxyl groups is 1. The number of anilines is 1.